The molecule has 31 heavy (non-hydrogen) atoms. The molecule has 3 aromatic rings. The van der Waals surface area contributed by atoms with Crippen molar-refractivity contribution in [1.82, 2.24) is 5.32 Å². The Hall–Kier alpha value is -3.04. The minimum Gasteiger partial charge on any atom is -0.486 e. The molecule has 1 N–H and O–H groups in total. The Morgan fingerprint density at radius 2 is 1.77 bits per heavy atom. The van der Waals surface area contributed by atoms with Gasteiger partial charge in [-0.1, -0.05) is 12.1 Å². The maximum absolute atomic E-state index is 12.7. The lowest BCUT2D eigenvalue weighted by molar-refractivity contribution is 0.0939. The van der Waals surface area contributed by atoms with Crippen LogP contribution in [0.25, 0.3) is 0 Å². The van der Waals surface area contributed by atoms with Crippen LogP contribution in [-0.2, 0) is 10.0 Å². The second-order valence-electron chi connectivity index (χ2n) is 7.05. The van der Waals surface area contributed by atoms with E-state index < -0.39 is 10.0 Å². The first kappa shape index (κ1) is 21.2. The van der Waals surface area contributed by atoms with E-state index in [0.717, 1.165) is 16.9 Å². The molecule has 0 bridgehead atoms. The van der Waals surface area contributed by atoms with Crippen LogP contribution >= 0.6 is 11.3 Å². The number of ether oxygens (including phenoxy) is 2. The highest BCUT2D eigenvalue weighted by Crippen LogP contribution is 2.32. The van der Waals surface area contributed by atoms with Gasteiger partial charge in [0.15, 0.2) is 11.5 Å². The maximum Gasteiger partial charge on any atom is 0.273 e. The molecular formula is C22H22N2O5S2. The second kappa shape index (κ2) is 8.60. The fourth-order valence-corrected chi connectivity index (χ4v) is 5.56. The zero-order valence-electron chi connectivity index (χ0n) is 17.1. The quantitative estimate of drug-likeness (QED) is 0.607. The van der Waals surface area contributed by atoms with Crippen molar-refractivity contribution in [3.63, 3.8) is 0 Å². The zero-order valence-corrected chi connectivity index (χ0v) is 18.7. The summed E-state index contributed by atoms with van der Waals surface area (Å²) in [5, 5.41) is 4.67. The molecule has 2 aromatic carbocycles. The van der Waals surface area contributed by atoms with Crippen LogP contribution in [0.2, 0.25) is 0 Å². The van der Waals surface area contributed by atoms with Crippen LogP contribution in [-0.4, -0.2) is 34.6 Å². The summed E-state index contributed by atoms with van der Waals surface area (Å²) in [6, 6.07) is 15.1. The second-order valence-corrected chi connectivity index (χ2v) is 10.2. The van der Waals surface area contributed by atoms with E-state index >= 15 is 0 Å². The lowest BCUT2D eigenvalue weighted by Gasteiger charge is -2.21. The van der Waals surface area contributed by atoms with E-state index in [0.29, 0.717) is 36.0 Å². The first-order valence-corrected chi connectivity index (χ1v) is 12.0. The highest BCUT2D eigenvalue weighted by molar-refractivity contribution is 7.94. The number of hydrogen-bond donors (Lipinski definition) is 1. The third-order valence-corrected chi connectivity index (χ3v) is 8.18. The van der Waals surface area contributed by atoms with Gasteiger partial charge in [-0.05, 0) is 60.3 Å². The number of nitrogens with one attached hydrogen (secondary N) is 1. The summed E-state index contributed by atoms with van der Waals surface area (Å²) in [5.41, 5.74) is 1.82. The van der Waals surface area contributed by atoms with E-state index in [-0.39, 0.29) is 16.2 Å². The van der Waals surface area contributed by atoms with Crippen LogP contribution in [0.3, 0.4) is 0 Å². The molecule has 0 aliphatic carbocycles. The molecule has 1 atom stereocenters. The van der Waals surface area contributed by atoms with Gasteiger partial charge in [-0.2, -0.15) is 0 Å². The SMILES string of the molecule is C[C@H](NC(=O)c1ccc(N(C)S(=O)(=O)c2cccs2)cc1)c1ccc2c(c1)OCCO2. The summed E-state index contributed by atoms with van der Waals surface area (Å²) >= 11 is 1.16. The molecule has 0 saturated carbocycles. The fourth-order valence-electron chi connectivity index (χ4n) is 3.20. The number of sulfonamides is 1. The summed E-state index contributed by atoms with van der Waals surface area (Å²) in [4.78, 5) is 12.7. The molecule has 4 rings (SSSR count). The summed E-state index contributed by atoms with van der Waals surface area (Å²) in [5.74, 6) is 1.12. The topological polar surface area (TPSA) is 84.9 Å². The summed E-state index contributed by atoms with van der Waals surface area (Å²) < 4.78 is 37.9. The van der Waals surface area contributed by atoms with Crippen molar-refractivity contribution < 1.29 is 22.7 Å². The van der Waals surface area contributed by atoms with Crippen molar-refractivity contribution >= 4 is 33.0 Å². The van der Waals surface area contributed by atoms with Gasteiger partial charge in [0.25, 0.3) is 15.9 Å². The third-order valence-electron chi connectivity index (χ3n) is 5.02. The van der Waals surface area contributed by atoms with Crippen molar-refractivity contribution in [3.05, 3.63) is 71.1 Å². The van der Waals surface area contributed by atoms with E-state index in [2.05, 4.69) is 5.32 Å². The Morgan fingerprint density at radius 3 is 2.45 bits per heavy atom. The van der Waals surface area contributed by atoms with Gasteiger partial charge < -0.3 is 14.8 Å². The van der Waals surface area contributed by atoms with Gasteiger partial charge in [0.1, 0.15) is 17.4 Å². The molecule has 0 unspecified atom stereocenters. The highest BCUT2D eigenvalue weighted by atomic mass is 32.2. The molecule has 0 spiro atoms. The summed E-state index contributed by atoms with van der Waals surface area (Å²) in [7, 11) is -2.12. The molecule has 7 nitrogen and oxygen atoms in total. The van der Waals surface area contributed by atoms with E-state index in [1.165, 1.54) is 11.4 Å². The standard InChI is InChI=1S/C22H22N2O5S2/c1-15(17-7-10-19-20(14-17)29-12-11-28-19)23-22(25)16-5-8-18(9-6-16)24(2)31(26,27)21-4-3-13-30-21/h3-10,13-15H,11-12H2,1-2H3,(H,23,25)/t15-/m0/s1. The number of hydrogen-bond acceptors (Lipinski definition) is 6. The smallest absolute Gasteiger partial charge is 0.273 e. The number of fused-ring (bicyclic) bond motifs is 1. The number of rotatable bonds is 6. The predicted molar refractivity (Wildman–Crippen MR) is 120 cm³/mol. The molecule has 162 valence electrons. The number of benzene rings is 2. The van der Waals surface area contributed by atoms with Crippen LogP contribution in [0.4, 0.5) is 5.69 Å². The Morgan fingerprint density at radius 1 is 1.06 bits per heavy atom. The first-order valence-electron chi connectivity index (χ1n) is 9.69. The van der Waals surface area contributed by atoms with Gasteiger partial charge in [0.05, 0.1) is 11.7 Å². The monoisotopic (exact) mass is 458 g/mol. The van der Waals surface area contributed by atoms with Crippen molar-refractivity contribution in [3.8, 4) is 11.5 Å². The lowest BCUT2D eigenvalue weighted by atomic mass is 10.1. The minimum absolute atomic E-state index is 0.245. The molecule has 1 aliphatic rings. The fraction of sp³-hybridized carbons (Fsp3) is 0.227. The third kappa shape index (κ3) is 4.38. The Bertz CT molecular complexity index is 1180. The Labute approximate surface area is 185 Å². The number of nitrogens with zero attached hydrogens (tertiary/aromatic N) is 1. The first-order chi connectivity index (χ1) is 14.9. The average molecular weight is 459 g/mol. The molecule has 9 heteroatoms. The van der Waals surface area contributed by atoms with Crippen molar-refractivity contribution in [2.75, 3.05) is 24.6 Å². The van der Waals surface area contributed by atoms with Gasteiger partial charge >= 0.3 is 0 Å². The predicted octanol–water partition coefficient (Wildman–Crippen LogP) is 3.84. The van der Waals surface area contributed by atoms with Gasteiger partial charge in [-0.3, -0.25) is 9.10 Å². The molecule has 0 radical (unpaired) electrons. The molecule has 1 amide bonds. The average Bonchev–Trinajstić information content (AvgIpc) is 3.34. The van der Waals surface area contributed by atoms with E-state index in [1.807, 2.05) is 25.1 Å². The van der Waals surface area contributed by atoms with Crippen LogP contribution < -0.4 is 19.1 Å². The summed E-state index contributed by atoms with van der Waals surface area (Å²) in [6.45, 7) is 2.91. The molecule has 0 saturated heterocycles. The number of amides is 1. The zero-order chi connectivity index (χ0) is 22.0. The van der Waals surface area contributed by atoms with Crippen LogP contribution in [0, 0.1) is 0 Å². The van der Waals surface area contributed by atoms with Crippen LogP contribution in [0.1, 0.15) is 28.9 Å². The number of carbonyl (C=O) groups excluding carboxylic acids is 1. The molecule has 1 aromatic heterocycles. The Balaban J connectivity index is 1.45. The van der Waals surface area contributed by atoms with E-state index in [9.17, 15) is 13.2 Å². The maximum atomic E-state index is 12.7. The van der Waals surface area contributed by atoms with E-state index in [4.69, 9.17) is 9.47 Å². The minimum atomic E-state index is -3.62. The van der Waals surface area contributed by atoms with Gasteiger partial charge in [0.2, 0.25) is 0 Å². The van der Waals surface area contributed by atoms with Crippen molar-refractivity contribution in [2.24, 2.45) is 0 Å². The molecule has 0 fully saturated rings. The normalized spacial score (nSPS) is 14.0. The summed E-state index contributed by atoms with van der Waals surface area (Å²) in [6.07, 6.45) is 0. The molecule has 2 heterocycles. The number of carbonyl (C=O) groups is 1. The van der Waals surface area contributed by atoms with Crippen molar-refractivity contribution in [2.45, 2.75) is 17.2 Å². The largest absolute Gasteiger partial charge is 0.486 e. The number of thiophene rings is 1. The van der Waals surface area contributed by atoms with Gasteiger partial charge in [-0.15, -0.1) is 11.3 Å². The van der Waals surface area contributed by atoms with Crippen molar-refractivity contribution in [1.29, 1.82) is 0 Å². The lowest BCUT2D eigenvalue weighted by Crippen LogP contribution is -2.27. The van der Waals surface area contributed by atoms with E-state index in [1.54, 1.807) is 41.8 Å². The van der Waals surface area contributed by atoms with Gasteiger partial charge in [0, 0.05) is 12.6 Å². The molecule has 1 aliphatic heterocycles. The molecular weight excluding hydrogens is 436 g/mol. The highest BCUT2D eigenvalue weighted by Gasteiger charge is 2.22. The van der Waals surface area contributed by atoms with Crippen LogP contribution in [0.15, 0.2) is 64.2 Å². The van der Waals surface area contributed by atoms with Crippen LogP contribution in [0.5, 0.6) is 11.5 Å². The van der Waals surface area contributed by atoms with Gasteiger partial charge in [-0.25, -0.2) is 8.42 Å². The Kier molecular flexibility index (Phi) is 5.88. The number of anilines is 1.